The highest BCUT2D eigenvalue weighted by Gasteiger charge is 2.05. The molecule has 0 saturated carbocycles. The topological polar surface area (TPSA) is 44.0 Å². The average molecular weight is 189 g/mol. The molecule has 0 bridgehead atoms. The Kier molecular flexibility index (Phi) is 4.15. The van der Waals surface area contributed by atoms with E-state index in [2.05, 4.69) is 6.07 Å². The van der Waals surface area contributed by atoms with Gasteiger partial charge in [0.15, 0.2) is 0 Å². The zero-order valence-electron chi connectivity index (χ0n) is 8.40. The smallest absolute Gasteiger partial charge is 0.0790 e. The Morgan fingerprint density at radius 2 is 2.00 bits per heavy atom. The summed E-state index contributed by atoms with van der Waals surface area (Å²) in [6.07, 6.45) is 1.51. The molecule has 1 rings (SSSR count). The van der Waals surface area contributed by atoms with E-state index in [4.69, 9.17) is 5.26 Å². The van der Waals surface area contributed by atoms with Crippen LogP contribution in [0.1, 0.15) is 36.5 Å². The predicted molar refractivity (Wildman–Crippen MR) is 55.6 cm³/mol. The summed E-state index contributed by atoms with van der Waals surface area (Å²) in [4.78, 5) is 0. The zero-order chi connectivity index (χ0) is 10.4. The minimum absolute atomic E-state index is 0.427. The molecule has 0 aliphatic carbocycles. The Hall–Kier alpha value is -1.33. The molecule has 14 heavy (non-hydrogen) atoms. The van der Waals surface area contributed by atoms with Gasteiger partial charge in [-0.05, 0) is 25.3 Å². The second-order valence-electron chi connectivity index (χ2n) is 3.48. The van der Waals surface area contributed by atoms with Crippen LogP contribution in [0, 0.1) is 18.3 Å². The van der Waals surface area contributed by atoms with Crippen LogP contribution in [0.4, 0.5) is 0 Å². The Labute approximate surface area is 84.8 Å². The standard InChI is InChI=1S/C12H15NO/c1-10-5-7-11(8-6-10)12(14)4-2-3-9-13/h5-8,12,14H,2-4H2,1H3/t12-/m1/s1. The molecule has 74 valence electrons. The van der Waals surface area contributed by atoms with Crippen molar-refractivity contribution in [2.75, 3.05) is 0 Å². The van der Waals surface area contributed by atoms with E-state index in [1.165, 1.54) is 5.56 Å². The average Bonchev–Trinajstić information content (AvgIpc) is 2.19. The van der Waals surface area contributed by atoms with E-state index in [0.29, 0.717) is 12.8 Å². The van der Waals surface area contributed by atoms with E-state index >= 15 is 0 Å². The number of unbranched alkanes of at least 4 members (excludes halogenated alkanes) is 1. The van der Waals surface area contributed by atoms with Gasteiger partial charge in [0.05, 0.1) is 12.2 Å². The monoisotopic (exact) mass is 189 g/mol. The minimum Gasteiger partial charge on any atom is -0.388 e. The summed E-state index contributed by atoms with van der Waals surface area (Å²) in [5.41, 5.74) is 2.13. The Morgan fingerprint density at radius 3 is 2.57 bits per heavy atom. The van der Waals surface area contributed by atoms with Crippen LogP contribution < -0.4 is 0 Å². The number of aliphatic hydroxyl groups is 1. The van der Waals surface area contributed by atoms with Crippen LogP contribution in [0.2, 0.25) is 0 Å². The maximum atomic E-state index is 9.73. The van der Waals surface area contributed by atoms with Crippen LogP contribution >= 0.6 is 0 Å². The molecule has 0 aliphatic rings. The molecule has 1 N–H and O–H groups in total. The highest BCUT2D eigenvalue weighted by Crippen LogP contribution is 2.19. The third kappa shape index (κ3) is 3.20. The fourth-order valence-electron chi connectivity index (χ4n) is 1.33. The first-order valence-corrected chi connectivity index (χ1v) is 4.85. The van der Waals surface area contributed by atoms with E-state index in [1.807, 2.05) is 31.2 Å². The van der Waals surface area contributed by atoms with Crippen LogP contribution in [0.5, 0.6) is 0 Å². The van der Waals surface area contributed by atoms with Gasteiger partial charge in [0.2, 0.25) is 0 Å². The zero-order valence-corrected chi connectivity index (χ0v) is 8.40. The molecule has 0 amide bonds. The molecule has 0 aliphatic heterocycles. The molecule has 0 heterocycles. The molecule has 1 atom stereocenters. The lowest BCUT2D eigenvalue weighted by molar-refractivity contribution is 0.165. The van der Waals surface area contributed by atoms with Gasteiger partial charge in [-0.25, -0.2) is 0 Å². The lowest BCUT2D eigenvalue weighted by Gasteiger charge is -2.09. The summed E-state index contributed by atoms with van der Waals surface area (Å²) in [6, 6.07) is 9.92. The van der Waals surface area contributed by atoms with Crippen molar-refractivity contribution < 1.29 is 5.11 Å². The largest absolute Gasteiger partial charge is 0.388 e. The van der Waals surface area contributed by atoms with Crippen LogP contribution in [-0.4, -0.2) is 5.11 Å². The molecule has 0 radical (unpaired) electrons. The normalized spacial score (nSPS) is 12.1. The van der Waals surface area contributed by atoms with Crippen LogP contribution in [0.15, 0.2) is 24.3 Å². The van der Waals surface area contributed by atoms with Crippen molar-refractivity contribution in [3.05, 3.63) is 35.4 Å². The molecule has 1 aromatic carbocycles. The first-order valence-electron chi connectivity index (χ1n) is 4.85. The molecular formula is C12H15NO. The van der Waals surface area contributed by atoms with Crippen LogP contribution in [-0.2, 0) is 0 Å². The number of benzene rings is 1. The second-order valence-corrected chi connectivity index (χ2v) is 3.48. The molecule has 0 aromatic heterocycles. The minimum atomic E-state index is -0.427. The molecule has 2 nitrogen and oxygen atoms in total. The van der Waals surface area contributed by atoms with Gasteiger partial charge in [-0.2, -0.15) is 5.26 Å². The van der Waals surface area contributed by atoms with Crippen LogP contribution in [0.25, 0.3) is 0 Å². The van der Waals surface area contributed by atoms with E-state index in [0.717, 1.165) is 12.0 Å². The van der Waals surface area contributed by atoms with Gasteiger partial charge in [0.1, 0.15) is 0 Å². The summed E-state index contributed by atoms with van der Waals surface area (Å²) in [7, 11) is 0. The van der Waals surface area contributed by atoms with Crippen molar-refractivity contribution in [3.8, 4) is 6.07 Å². The van der Waals surface area contributed by atoms with Gasteiger partial charge in [-0.15, -0.1) is 0 Å². The second kappa shape index (κ2) is 5.41. The fourth-order valence-corrected chi connectivity index (χ4v) is 1.33. The van der Waals surface area contributed by atoms with E-state index < -0.39 is 6.10 Å². The highest BCUT2D eigenvalue weighted by molar-refractivity contribution is 5.22. The summed E-state index contributed by atoms with van der Waals surface area (Å²) < 4.78 is 0. The maximum Gasteiger partial charge on any atom is 0.0790 e. The molecule has 0 unspecified atom stereocenters. The maximum absolute atomic E-state index is 9.73. The Bertz CT molecular complexity index is 310. The van der Waals surface area contributed by atoms with Gasteiger partial charge in [0, 0.05) is 6.42 Å². The predicted octanol–water partition coefficient (Wildman–Crippen LogP) is 2.72. The Morgan fingerprint density at radius 1 is 1.36 bits per heavy atom. The van der Waals surface area contributed by atoms with Crippen molar-refractivity contribution in [2.24, 2.45) is 0 Å². The molecule has 0 fully saturated rings. The number of nitrogens with zero attached hydrogens (tertiary/aromatic N) is 1. The van der Waals surface area contributed by atoms with Gasteiger partial charge >= 0.3 is 0 Å². The first kappa shape index (κ1) is 10.7. The van der Waals surface area contributed by atoms with Gasteiger partial charge in [-0.1, -0.05) is 29.8 Å². The number of hydrogen-bond acceptors (Lipinski definition) is 2. The number of nitriles is 1. The quantitative estimate of drug-likeness (QED) is 0.740. The third-order valence-corrected chi connectivity index (χ3v) is 2.23. The van der Waals surface area contributed by atoms with Gasteiger partial charge in [0.25, 0.3) is 0 Å². The van der Waals surface area contributed by atoms with E-state index in [9.17, 15) is 5.11 Å². The Balaban J connectivity index is 2.48. The number of aryl methyl sites for hydroxylation is 1. The summed E-state index contributed by atoms with van der Waals surface area (Å²) in [5.74, 6) is 0. The van der Waals surface area contributed by atoms with Crippen molar-refractivity contribution in [1.29, 1.82) is 5.26 Å². The van der Waals surface area contributed by atoms with Crippen molar-refractivity contribution >= 4 is 0 Å². The molecular weight excluding hydrogens is 174 g/mol. The van der Waals surface area contributed by atoms with Crippen LogP contribution in [0.3, 0.4) is 0 Å². The first-order chi connectivity index (χ1) is 6.74. The number of hydrogen-bond donors (Lipinski definition) is 1. The van der Waals surface area contributed by atoms with Crippen molar-refractivity contribution in [3.63, 3.8) is 0 Å². The lowest BCUT2D eigenvalue weighted by Crippen LogP contribution is -1.96. The summed E-state index contributed by atoms with van der Waals surface area (Å²) >= 11 is 0. The molecule has 0 spiro atoms. The SMILES string of the molecule is Cc1ccc([C@H](O)CCCC#N)cc1. The molecule has 0 saturated heterocycles. The van der Waals surface area contributed by atoms with Gasteiger partial charge < -0.3 is 5.11 Å². The van der Waals surface area contributed by atoms with E-state index in [1.54, 1.807) is 0 Å². The number of aliphatic hydroxyl groups excluding tert-OH is 1. The third-order valence-electron chi connectivity index (χ3n) is 2.23. The highest BCUT2D eigenvalue weighted by atomic mass is 16.3. The molecule has 1 aromatic rings. The molecule has 2 heteroatoms. The fraction of sp³-hybridized carbons (Fsp3) is 0.417. The lowest BCUT2D eigenvalue weighted by atomic mass is 10.0. The van der Waals surface area contributed by atoms with E-state index in [-0.39, 0.29) is 0 Å². The van der Waals surface area contributed by atoms with Crippen molar-refractivity contribution in [1.82, 2.24) is 0 Å². The number of rotatable bonds is 4. The summed E-state index contributed by atoms with van der Waals surface area (Å²) in [6.45, 7) is 2.02. The van der Waals surface area contributed by atoms with Gasteiger partial charge in [-0.3, -0.25) is 0 Å². The summed E-state index contributed by atoms with van der Waals surface area (Å²) in [5, 5.41) is 18.1. The van der Waals surface area contributed by atoms with Crippen molar-refractivity contribution in [2.45, 2.75) is 32.3 Å².